The summed E-state index contributed by atoms with van der Waals surface area (Å²) in [5.74, 6) is -1.51. The van der Waals surface area contributed by atoms with E-state index in [0.717, 1.165) is 6.07 Å². The van der Waals surface area contributed by atoms with Crippen LogP contribution in [0.2, 0.25) is 0 Å². The third-order valence-corrected chi connectivity index (χ3v) is 2.91. The van der Waals surface area contributed by atoms with Crippen molar-refractivity contribution < 1.29 is 13.9 Å². The standard InChI is InChI=1S/C11H14BrF2NO/c1-3-15-6-11(2,16)9-8(13)5-4-7(12)10(9)14/h4-5,15-16H,3,6H2,1-2H3. The highest BCUT2D eigenvalue weighted by atomic mass is 79.9. The Labute approximate surface area is 102 Å². The van der Waals surface area contributed by atoms with Crippen molar-refractivity contribution in [3.63, 3.8) is 0 Å². The van der Waals surface area contributed by atoms with Crippen LogP contribution in [0, 0.1) is 11.6 Å². The van der Waals surface area contributed by atoms with E-state index in [0.29, 0.717) is 6.54 Å². The van der Waals surface area contributed by atoms with Gasteiger partial charge in [-0.3, -0.25) is 0 Å². The first kappa shape index (κ1) is 13.5. The molecule has 16 heavy (non-hydrogen) atoms. The van der Waals surface area contributed by atoms with Gasteiger partial charge in [-0.25, -0.2) is 8.78 Å². The molecule has 90 valence electrons. The van der Waals surface area contributed by atoms with Gasteiger partial charge in [0, 0.05) is 6.54 Å². The van der Waals surface area contributed by atoms with E-state index in [4.69, 9.17) is 0 Å². The van der Waals surface area contributed by atoms with Crippen molar-refractivity contribution in [1.29, 1.82) is 0 Å². The average molecular weight is 294 g/mol. The highest BCUT2D eigenvalue weighted by molar-refractivity contribution is 9.10. The lowest BCUT2D eigenvalue weighted by Crippen LogP contribution is -2.37. The van der Waals surface area contributed by atoms with E-state index in [1.54, 1.807) is 0 Å². The number of hydrogen-bond donors (Lipinski definition) is 2. The van der Waals surface area contributed by atoms with E-state index in [9.17, 15) is 13.9 Å². The van der Waals surface area contributed by atoms with Crippen molar-refractivity contribution >= 4 is 15.9 Å². The maximum absolute atomic E-state index is 13.7. The summed E-state index contributed by atoms with van der Waals surface area (Å²) >= 11 is 2.97. The maximum atomic E-state index is 13.7. The van der Waals surface area contributed by atoms with Gasteiger partial charge >= 0.3 is 0 Å². The summed E-state index contributed by atoms with van der Waals surface area (Å²) in [7, 11) is 0. The van der Waals surface area contributed by atoms with Gasteiger partial charge in [0.1, 0.15) is 17.2 Å². The smallest absolute Gasteiger partial charge is 0.146 e. The molecule has 0 saturated heterocycles. The van der Waals surface area contributed by atoms with Crippen LogP contribution in [-0.2, 0) is 5.60 Å². The lowest BCUT2D eigenvalue weighted by Gasteiger charge is -2.25. The fourth-order valence-corrected chi connectivity index (χ4v) is 1.81. The molecule has 0 aliphatic heterocycles. The Morgan fingerprint density at radius 2 is 2.06 bits per heavy atom. The van der Waals surface area contributed by atoms with Crippen molar-refractivity contribution in [1.82, 2.24) is 5.32 Å². The Hall–Kier alpha value is -0.520. The molecule has 1 aromatic carbocycles. The predicted molar refractivity (Wildman–Crippen MR) is 62.2 cm³/mol. The lowest BCUT2D eigenvalue weighted by molar-refractivity contribution is 0.0497. The van der Waals surface area contributed by atoms with Crippen LogP contribution in [-0.4, -0.2) is 18.2 Å². The molecule has 0 spiro atoms. The van der Waals surface area contributed by atoms with Crippen molar-refractivity contribution in [3.05, 3.63) is 33.8 Å². The van der Waals surface area contributed by atoms with Crippen LogP contribution in [0.3, 0.4) is 0 Å². The van der Waals surface area contributed by atoms with Crippen molar-refractivity contribution in [3.8, 4) is 0 Å². The van der Waals surface area contributed by atoms with Crippen molar-refractivity contribution in [2.75, 3.05) is 13.1 Å². The highest BCUT2D eigenvalue weighted by Crippen LogP contribution is 2.30. The average Bonchev–Trinajstić information content (AvgIpc) is 2.21. The minimum atomic E-state index is -1.58. The first-order valence-electron chi connectivity index (χ1n) is 4.97. The number of nitrogens with one attached hydrogen (secondary N) is 1. The summed E-state index contributed by atoms with van der Waals surface area (Å²) in [5, 5.41) is 12.9. The predicted octanol–water partition coefficient (Wildman–Crippen LogP) is 2.54. The number of benzene rings is 1. The van der Waals surface area contributed by atoms with Gasteiger partial charge in [0.25, 0.3) is 0 Å². The third-order valence-electron chi connectivity index (χ3n) is 2.30. The topological polar surface area (TPSA) is 32.3 Å². The van der Waals surface area contributed by atoms with E-state index in [1.807, 2.05) is 6.92 Å². The molecule has 2 N–H and O–H groups in total. The molecule has 1 rings (SSSR count). The summed E-state index contributed by atoms with van der Waals surface area (Å²) in [6.07, 6.45) is 0. The first-order valence-corrected chi connectivity index (χ1v) is 5.76. The van der Waals surface area contributed by atoms with E-state index in [1.165, 1.54) is 13.0 Å². The van der Waals surface area contributed by atoms with Crippen LogP contribution in [0.4, 0.5) is 8.78 Å². The summed E-state index contributed by atoms with van der Waals surface area (Å²) in [5.41, 5.74) is -1.89. The van der Waals surface area contributed by atoms with Gasteiger partial charge in [0.15, 0.2) is 0 Å². The number of likely N-dealkylation sites (N-methyl/N-ethyl adjacent to an activating group) is 1. The van der Waals surface area contributed by atoms with Crippen molar-refractivity contribution in [2.24, 2.45) is 0 Å². The number of rotatable bonds is 4. The lowest BCUT2D eigenvalue weighted by atomic mass is 9.95. The van der Waals surface area contributed by atoms with Crippen LogP contribution < -0.4 is 5.32 Å². The molecule has 2 nitrogen and oxygen atoms in total. The highest BCUT2D eigenvalue weighted by Gasteiger charge is 2.30. The van der Waals surface area contributed by atoms with Crippen molar-refractivity contribution in [2.45, 2.75) is 19.4 Å². The van der Waals surface area contributed by atoms with E-state index in [-0.39, 0.29) is 16.6 Å². The third kappa shape index (κ3) is 2.78. The maximum Gasteiger partial charge on any atom is 0.146 e. The Kier molecular flexibility index (Phi) is 4.41. The normalized spacial score (nSPS) is 14.9. The molecular formula is C11H14BrF2NO. The molecular weight excluding hydrogens is 280 g/mol. The summed E-state index contributed by atoms with van der Waals surface area (Å²) in [6.45, 7) is 3.94. The molecule has 1 unspecified atom stereocenters. The largest absolute Gasteiger partial charge is 0.384 e. The zero-order valence-electron chi connectivity index (χ0n) is 9.15. The molecule has 1 atom stereocenters. The molecule has 0 saturated carbocycles. The first-order chi connectivity index (χ1) is 7.40. The van der Waals surface area contributed by atoms with Gasteiger partial charge in [-0.15, -0.1) is 0 Å². The van der Waals surface area contributed by atoms with Gasteiger partial charge in [-0.2, -0.15) is 0 Å². The Morgan fingerprint density at radius 3 is 2.62 bits per heavy atom. The second-order valence-electron chi connectivity index (χ2n) is 3.77. The van der Waals surface area contributed by atoms with Crippen LogP contribution >= 0.6 is 15.9 Å². The van der Waals surface area contributed by atoms with Crippen LogP contribution in [0.5, 0.6) is 0 Å². The fraction of sp³-hybridized carbons (Fsp3) is 0.455. The Morgan fingerprint density at radius 1 is 1.44 bits per heavy atom. The molecule has 0 bridgehead atoms. The fourth-order valence-electron chi connectivity index (χ4n) is 1.48. The van der Waals surface area contributed by atoms with E-state index >= 15 is 0 Å². The van der Waals surface area contributed by atoms with Gasteiger partial charge in [-0.05, 0) is 41.5 Å². The van der Waals surface area contributed by atoms with Crippen LogP contribution in [0.25, 0.3) is 0 Å². The SMILES string of the molecule is CCNCC(C)(O)c1c(F)ccc(Br)c1F. The summed E-state index contributed by atoms with van der Waals surface area (Å²) in [4.78, 5) is 0. The molecule has 1 aromatic rings. The molecule has 5 heteroatoms. The second-order valence-corrected chi connectivity index (χ2v) is 4.63. The molecule has 0 aliphatic rings. The second kappa shape index (κ2) is 5.21. The van der Waals surface area contributed by atoms with Gasteiger partial charge < -0.3 is 10.4 Å². The molecule has 0 fully saturated rings. The van der Waals surface area contributed by atoms with E-state index < -0.39 is 17.2 Å². The molecule has 0 amide bonds. The van der Waals surface area contributed by atoms with Gasteiger partial charge in [0.2, 0.25) is 0 Å². The number of hydrogen-bond acceptors (Lipinski definition) is 2. The minimum Gasteiger partial charge on any atom is -0.384 e. The monoisotopic (exact) mass is 293 g/mol. The zero-order chi connectivity index (χ0) is 12.3. The van der Waals surface area contributed by atoms with Crippen LogP contribution in [0.1, 0.15) is 19.4 Å². The molecule has 0 heterocycles. The Balaban J connectivity index is 3.15. The summed E-state index contributed by atoms with van der Waals surface area (Å²) < 4.78 is 27.4. The van der Waals surface area contributed by atoms with Crippen LogP contribution in [0.15, 0.2) is 16.6 Å². The van der Waals surface area contributed by atoms with Gasteiger partial charge in [0.05, 0.1) is 10.0 Å². The molecule has 0 radical (unpaired) electrons. The Bertz CT molecular complexity index is 382. The minimum absolute atomic E-state index is 0.0911. The quantitative estimate of drug-likeness (QED) is 0.836. The molecule has 0 aliphatic carbocycles. The number of halogens is 3. The molecule has 0 aromatic heterocycles. The summed E-state index contributed by atoms with van der Waals surface area (Å²) in [6, 6.07) is 2.40. The van der Waals surface area contributed by atoms with E-state index in [2.05, 4.69) is 21.2 Å². The van der Waals surface area contributed by atoms with Gasteiger partial charge in [-0.1, -0.05) is 6.92 Å². The number of aliphatic hydroxyl groups is 1. The zero-order valence-corrected chi connectivity index (χ0v) is 10.7.